The Morgan fingerprint density at radius 1 is 1.33 bits per heavy atom. The van der Waals surface area contributed by atoms with Gasteiger partial charge < -0.3 is 19.5 Å². The fourth-order valence-electron chi connectivity index (χ4n) is 4.01. The van der Waals surface area contributed by atoms with Crippen molar-refractivity contribution in [3.63, 3.8) is 0 Å². The van der Waals surface area contributed by atoms with Gasteiger partial charge in [-0.3, -0.25) is 9.69 Å². The lowest BCUT2D eigenvalue weighted by Crippen LogP contribution is -2.48. The minimum atomic E-state index is -0.661. The Labute approximate surface area is 201 Å². The summed E-state index contributed by atoms with van der Waals surface area (Å²) in [5, 5.41) is 12.4. The smallest absolute Gasteiger partial charge is 0.237 e. The first-order valence-electron chi connectivity index (χ1n) is 11.6. The number of amides is 1. The summed E-state index contributed by atoms with van der Waals surface area (Å²) in [5.41, 5.74) is 2.35. The molecule has 0 unspecified atom stereocenters. The summed E-state index contributed by atoms with van der Waals surface area (Å²) in [4.78, 5) is 18.6. The van der Waals surface area contributed by atoms with E-state index in [1.807, 2.05) is 54.8 Å². The summed E-state index contributed by atoms with van der Waals surface area (Å²) in [6.07, 6.45) is 2.00. The average Bonchev–Trinajstić information content (AvgIpc) is 3.26. The highest BCUT2D eigenvalue weighted by Crippen LogP contribution is 2.34. The molecule has 1 amide bonds. The van der Waals surface area contributed by atoms with Crippen LogP contribution in [0.2, 0.25) is 0 Å². The van der Waals surface area contributed by atoms with Crippen molar-refractivity contribution in [2.24, 2.45) is 0 Å². The molecule has 1 aromatic carbocycles. The maximum Gasteiger partial charge on any atom is 0.237 e. The van der Waals surface area contributed by atoms with Gasteiger partial charge >= 0.3 is 0 Å². The summed E-state index contributed by atoms with van der Waals surface area (Å²) in [5.74, 6) is 0.833. The van der Waals surface area contributed by atoms with Gasteiger partial charge in [-0.2, -0.15) is 0 Å². The molecule has 3 rings (SSSR count). The molecule has 0 spiro atoms. The predicted molar refractivity (Wildman–Crippen MR) is 133 cm³/mol. The molecule has 33 heavy (non-hydrogen) atoms. The van der Waals surface area contributed by atoms with Gasteiger partial charge in [-0.05, 0) is 56.3 Å². The molecule has 0 radical (unpaired) electrons. The second-order valence-electron chi connectivity index (χ2n) is 8.79. The molecule has 0 bridgehead atoms. The van der Waals surface area contributed by atoms with Crippen molar-refractivity contribution in [1.29, 1.82) is 0 Å². The molecular weight excluding hydrogens is 436 g/mol. The average molecular weight is 473 g/mol. The number of aliphatic hydroxyl groups is 1. The zero-order valence-electron chi connectivity index (χ0n) is 19.9. The van der Waals surface area contributed by atoms with E-state index in [-0.39, 0.29) is 31.2 Å². The molecule has 2 atom stereocenters. The van der Waals surface area contributed by atoms with Crippen LogP contribution < -0.4 is 4.74 Å². The van der Waals surface area contributed by atoms with Crippen molar-refractivity contribution in [1.82, 2.24) is 9.80 Å². The van der Waals surface area contributed by atoms with E-state index in [1.165, 1.54) is 16.0 Å². The van der Waals surface area contributed by atoms with Crippen LogP contribution in [0, 0.1) is 6.92 Å². The lowest BCUT2D eigenvalue weighted by molar-refractivity contribution is -0.136. The van der Waals surface area contributed by atoms with Crippen molar-refractivity contribution in [2.75, 3.05) is 39.4 Å². The number of benzene rings is 1. The first-order chi connectivity index (χ1) is 15.9. The van der Waals surface area contributed by atoms with Gasteiger partial charge in [0.15, 0.2) is 0 Å². The molecule has 180 valence electrons. The number of hydrogen-bond donors (Lipinski definition) is 1. The molecule has 2 aromatic rings. The van der Waals surface area contributed by atoms with Crippen LogP contribution in [-0.2, 0) is 16.0 Å². The second-order valence-corrected chi connectivity index (χ2v) is 9.80. The quantitative estimate of drug-likeness (QED) is 0.476. The van der Waals surface area contributed by atoms with E-state index in [1.54, 1.807) is 17.4 Å². The third-order valence-corrected chi connectivity index (χ3v) is 6.68. The third-order valence-electron chi connectivity index (χ3n) is 5.68. The first kappa shape index (κ1) is 25.4. The molecule has 1 aliphatic heterocycles. The van der Waals surface area contributed by atoms with E-state index in [2.05, 4.69) is 18.0 Å². The highest BCUT2D eigenvalue weighted by molar-refractivity contribution is 7.10. The normalized spacial score (nSPS) is 16.7. The van der Waals surface area contributed by atoms with E-state index in [9.17, 15) is 9.90 Å². The van der Waals surface area contributed by atoms with Crippen molar-refractivity contribution >= 4 is 17.2 Å². The lowest BCUT2D eigenvalue weighted by atomic mass is 10.0. The summed E-state index contributed by atoms with van der Waals surface area (Å²) in [6, 6.07) is 9.95. The van der Waals surface area contributed by atoms with Gasteiger partial charge in [0.1, 0.15) is 12.4 Å². The van der Waals surface area contributed by atoms with Crippen LogP contribution in [0.4, 0.5) is 0 Å². The molecule has 1 aliphatic rings. The van der Waals surface area contributed by atoms with Gasteiger partial charge in [0.05, 0.1) is 31.4 Å². The van der Waals surface area contributed by atoms with Crippen LogP contribution in [0.1, 0.15) is 35.9 Å². The molecule has 6 nitrogen and oxygen atoms in total. The van der Waals surface area contributed by atoms with Crippen molar-refractivity contribution in [3.8, 4) is 5.75 Å². The molecule has 2 heterocycles. The van der Waals surface area contributed by atoms with E-state index >= 15 is 0 Å². The topological polar surface area (TPSA) is 62.2 Å². The Bertz CT molecular complexity index is 896. The van der Waals surface area contributed by atoms with E-state index in [0.29, 0.717) is 26.2 Å². The van der Waals surface area contributed by atoms with Gasteiger partial charge in [0.2, 0.25) is 5.91 Å². The summed E-state index contributed by atoms with van der Waals surface area (Å²) >= 11 is 1.74. The van der Waals surface area contributed by atoms with Gasteiger partial charge in [-0.1, -0.05) is 23.8 Å². The number of thiophene rings is 1. The predicted octanol–water partition coefficient (Wildman–Crippen LogP) is 3.84. The van der Waals surface area contributed by atoms with Crippen LogP contribution in [0.15, 0.2) is 48.4 Å². The van der Waals surface area contributed by atoms with Crippen LogP contribution in [0.3, 0.4) is 0 Å². The maximum absolute atomic E-state index is 13.4. The Morgan fingerprint density at radius 3 is 2.79 bits per heavy atom. The number of aliphatic hydroxyl groups excluding tert-OH is 1. The van der Waals surface area contributed by atoms with Crippen molar-refractivity contribution in [2.45, 2.75) is 45.4 Å². The minimum Gasteiger partial charge on any atom is -0.491 e. The van der Waals surface area contributed by atoms with Gasteiger partial charge in [-0.15, -0.1) is 17.9 Å². The first-order valence-corrected chi connectivity index (χ1v) is 12.4. The second kappa shape index (κ2) is 12.3. The van der Waals surface area contributed by atoms with Gasteiger partial charge in [0, 0.05) is 24.5 Å². The highest BCUT2D eigenvalue weighted by atomic mass is 32.1. The van der Waals surface area contributed by atoms with E-state index < -0.39 is 6.10 Å². The zero-order chi connectivity index (χ0) is 23.8. The van der Waals surface area contributed by atoms with Crippen molar-refractivity contribution in [3.05, 3.63) is 64.4 Å². The molecule has 0 fully saturated rings. The zero-order valence-corrected chi connectivity index (χ0v) is 20.7. The highest BCUT2D eigenvalue weighted by Gasteiger charge is 2.33. The number of ether oxygens (including phenoxy) is 2. The molecule has 1 N–H and O–H groups in total. The molecule has 7 heteroatoms. The number of hydrogen-bond acceptors (Lipinski definition) is 6. The van der Waals surface area contributed by atoms with Gasteiger partial charge in [0.25, 0.3) is 0 Å². The van der Waals surface area contributed by atoms with Gasteiger partial charge in [-0.25, -0.2) is 0 Å². The van der Waals surface area contributed by atoms with Crippen LogP contribution >= 0.6 is 11.3 Å². The molecule has 0 saturated heterocycles. The lowest BCUT2D eigenvalue weighted by Gasteiger charge is -2.37. The summed E-state index contributed by atoms with van der Waals surface area (Å²) < 4.78 is 11.6. The third kappa shape index (κ3) is 7.40. The maximum atomic E-state index is 13.4. The monoisotopic (exact) mass is 472 g/mol. The van der Waals surface area contributed by atoms with E-state index in [0.717, 1.165) is 12.2 Å². The summed E-state index contributed by atoms with van der Waals surface area (Å²) in [6.45, 7) is 12.1. The SMILES string of the molecule is C=CCN(CC(=O)N1CCc2sccc2[C@H]1COc1ccc(C)cc1)C[C@@H](O)COC(C)C. The Kier molecular flexibility index (Phi) is 9.50. The van der Waals surface area contributed by atoms with E-state index in [4.69, 9.17) is 9.47 Å². The standard InChI is InChI=1S/C26H36N2O4S/c1-5-12-27(15-21(29)17-31-19(2)3)16-26(30)28-13-10-25-23(11-14-33-25)24(28)18-32-22-8-6-20(4)7-9-22/h5-9,11,14,19,21,24,29H,1,10,12-13,15-18H2,2-4H3/t21-,24-/m1/s1. The fraction of sp³-hybridized carbons (Fsp3) is 0.500. The molecular formula is C26H36N2O4S. The Balaban J connectivity index is 1.67. The van der Waals surface area contributed by atoms with Crippen molar-refractivity contribution < 1.29 is 19.4 Å². The number of nitrogens with zero attached hydrogens (tertiary/aromatic N) is 2. The van der Waals surface area contributed by atoms with Crippen LogP contribution in [-0.4, -0.2) is 72.4 Å². The number of carbonyl (C=O) groups excluding carboxylic acids is 1. The summed E-state index contributed by atoms with van der Waals surface area (Å²) in [7, 11) is 0. The molecule has 1 aromatic heterocycles. The number of carbonyl (C=O) groups is 1. The number of fused-ring (bicyclic) bond motifs is 1. The molecule has 0 saturated carbocycles. The minimum absolute atomic E-state index is 0.0307. The Hall–Kier alpha value is -2.19. The number of rotatable bonds is 12. The van der Waals surface area contributed by atoms with Crippen LogP contribution in [0.25, 0.3) is 0 Å². The largest absolute Gasteiger partial charge is 0.491 e. The Morgan fingerprint density at radius 2 is 2.09 bits per heavy atom. The number of aryl methyl sites for hydroxylation is 1. The van der Waals surface area contributed by atoms with Crippen LogP contribution in [0.5, 0.6) is 5.75 Å². The molecule has 0 aliphatic carbocycles. The fourth-order valence-corrected chi connectivity index (χ4v) is 4.94.